The third kappa shape index (κ3) is 1.96. The van der Waals surface area contributed by atoms with Gasteiger partial charge < -0.3 is 0 Å². The molecule has 0 saturated carbocycles. The Hall–Kier alpha value is -1.69. The molecule has 2 aromatic rings. The van der Waals surface area contributed by atoms with Crippen molar-refractivity contribution in [3.8, 4) is 0 Å². The van der Waals surface area contributed by atoms with Gasteiger partial charge >= 0.3 is 5.69 Å². The third-order valence-corrected chi connectivity index (χ3v) is 3.04. The summed E-state index contributed by atoms with van der Waals surface area (Å²) >= 11 is 1.33. The van der Waals surface area contributed by atoms with Gasteiger partial charge in [0.25, 0.3) is 0 Å². The summed E-state index contributed by atoms with van der Waals surface area (Å²) in [6, 6.07) is 3.68. The Morgan fingerprint density at radius 3 is 3.00 bits per heavy atom. The summed E-state index contributed by atoms with van der Waals surface area (Å²) in [5.41, 5.74) is 0.724. The lowest BCUT2D eigenvalue weighted by Gasteiger charge is -1.93. The topological polar surface area (TPSA) is 52.2 Å². The third-order valence-electron chi connectivity index (χ3n) is 2.14. The van der Waals surface area contributed by atoms with Gasteiger partial charge in [0, 0.05) is 19.8 Å². The van der Waals surface area contributed by atoms with Crippen LogP contribution in [-0.4, -0.2) is 13.5 Å². The van der Waals surface area contributed by atoms with Crippen LogP contribution in [0.5, 0.6) is 0 Å². The predicted molar refractivity (Wildman–Crippen MR) is 62.7 cm³/mol. The van der Waals surface area contributed by atoms with E-state index in [1.807, 2.05) is 19.1 Å². The quantitative estimate of drug-likeness (QED) is 0.777. The molecule has 5 nitrogen and oxygen atoms in total. The lowest BCUT2D eigenvalue weighted by atomic mass is 10.4. The van der Waals surface area contributed by atoms with Crippen LogP contribution in [0.15, 0.2) is 34.3 Å². The van der Waals surface area contributed by atoms with Gasteiger partial charge in [0.05, 0.1) is 11.9 Å². The maximum absolute atomic E-state index is 11.7. The predicted octanol–water partition coefficient (Wildman–Crippen LogP) is 0.896. The number of nitrogens with zero attached hydrogens (tertiary/aromatic N) is 4. The molecule has 6 heteroatoms. The van der Waals surface area contributed by atoms with Crippen molar-refractivity contribution < 1.29 is 0 Å². The number of hydrogen-bond donors (Lipinski definition) is 0. The fourth-order valence-electron chi connectivity index (χ4n) is 1.34. The molecule has 0 amide bonds. The Kier molecular flexibility index (Phi) is 3.00. The van der Waals surface area contributed by atoms with Crippen molar-refractivity contribution in [3.63, 3.8) is 0 Å². The monoisotopic (exact) mass is 236 g/mol. The van der Waals surface area contributed by atoms with Crippen LogP contribution in [0.4, 0.5) is 5.69 Å². The fourth-order valence-corrected chi connectivity index (χ4v) is 2.22. The SMILES string of the molecule is CCn1c(=Nc2cccnc2)sn(C)c1=O. The molecular weight excluding hydrogens is 224 g/mol. The summed E-state index contributed by atoms with van der Waals surface area (Å²) in [7, 11) is 1.74. The van der Waals surface area contributed by atoms with Gasteiger partial charge in [0.15, 0.2) is 0 Å². The Bertz CT molecular complexity index is 593. The summed E-state index contributed by atoms with van der Waals surface area (Å²) in [6.45, 7) is 2.55. The standard InChI is InChI=1S/C10H12N4OS/c1-3-14-9(16-13(2)10(14)15)12-8-5-4-6-11-7-8/h4-7H,3H2,1-2H3. The summed E-state index contributed by atoms with van der Waals surface area (Å²) < 4.78 is 3.20. The zero-order valence-corrected chi connectivity index (χ0v) is 9.94. The molecule has 0 fully saturated rings. The molecule has 0 aromatic carbocycles. The second-order valence-corrected chi connectivity index (χ2v) is 4.32. The van der Waals surface area contributed by atoms with Crippen LogP contribution in [0.3, 0.4) is 0 Å². The van der Waals surface area contributed by atoms with Crippen molar-refractivity contribution >= 4 is 17.2 Å². The van der Waals surface area contributed by atoms with Crippen molar-refractivity contribution in [1.82, 2.24) is 13.5 Å². The molecule has 0 aliphatic rings. The second kappa shape index (κ2) is 4.44. The summed E-state index contributed by atoms with van der Waals surface area (Å²) in [4.78, 5) is 20.7. The van der Waals surface area contributed by atoms with Gasteiger partial charge in [-0.3, -0.25) is 9.55 Å². The van der Waals surface area contributed by atoms with E-state index in [1.165, 1.54) is 11.5 Å². The summed E-state index contributed by atoms with van der Waals surface area (Å²) in [5, 5.41) is 0. The van der Waals surface area contributed by atoms with Crippen LogP contribution in [0.25, 0.3) is 0 Å². The second-order valence-electron chi connectivity index (χ2n) is 3.22. The van der Waals surface area contributed by atoms with E-state index >= 15 is 0 Å². The van der Waals surface area contributed by atoms with E-state index in [-0.39, 0.29) is 5.69 Å². The van der Waals surface area contributed by atoms with Crippen LogP contribution in [0, 0.1) is 0 Å². The molecule has 0 saturated heterocycles. The molecule has 2 rings (SSSR count). The van der Waals surface area contributed by atoms with E-state index < -0.39 is 0 Å². The zero-order chi connectivity index (χ0) is 11.5. The molecule has 0 aliphatic carbocycles. The fraction of sp³-hybridized carbons (Fsp3) is 0.300. The van der Waals surface area contributed by atoms with Crippen molar-refractivity contribution in [2.75, 3.05) is 0 Å². The molecule has 2 heterocycles. The highest BCUT2D eigenvalue weighted by atomic mass is 32.1. The molecule has 0 aliphatic heterocycles. The first kappa shape index (κ1) is 10.8. The van der Waals surface area contributed by atoms with Crippen LogP contribution in [0.1, 0.15) is 6.92 Å². The molecule has 84 valence electrons. The molecule has 2 aromatic heterocycles. The first-order valence-corrected chi connectivity index (χ1v) is 5.71. The zero-order valence-electron chi connectivity index (χ0n) is 9.12. The molecule has 0 N–H and O–H groups in total. The summed E-state index contributed by atoms with van der Waals surface area (Å²) in [5.74, 6) is 0. The van der Waals surface area contributed by atoms with Crippen molar-refractivity contribution in [3.05, 3.63) is 39.8 Å². The maximum atomic E-state index is 11.7. The van der Waals surface area contributed by atoms with Gasteiger partial charge in [0.2, 0.25) is 4.80 Å². The first-order chi connectivity index (χ1) is 7.72. The molecule has 16 heavy (non-hydrogen) atoms. The van der Waals surface area contributed by atoms with Gasteiger partial charge in [-0.1, -0.05) is 0 Å². The Morgan fingerprint density at radius 1 is 1.56 bits per heavy atom. The van der Waals surface area contributed by atoms with Gasteiger partial charge in [-0.15, -0.1) is 0 Å². The molecular formula is C10H12N4OS. The molecule has 0 bridgehead atoms. The van der Waals surface area contributed by atoms with Crippen LogP contribution in [0.2, 0.25) is 0 Å². The minimum absolute atomic E-state index is 0.0323. The number of aryl methyl sites for hydroxylation is 1. The van der Waals surface area contributed by atoms with Crippen molar-refractivity contribution in [2.24, 2.45) is 12.0 Å². The van der Waals surface area contributed by atoms with E-state index in [1.54, 1.807) is 28.0 Å². The van der Waals surface area contributed by atoms with Crippen LogP contribution >= 0.6 is 11.5 Å². The molecule has 0 unspecified atom stereocenters. The smallest absolute Gasteiger partial charge is 0.268 e. The number of pyridine rings is 1. The normalized spacial score (nSPS) is 12.0. The average molecular weight is 236 g/mol. The molecule has 0 spiro atoms. The van der Waals surface area contributed by atoms with Crippen molar-refractivity contribution in [1.29, 1.82) is 0 Å². The largest absolute Gasteiger partial charge is 0.339 e. The highest BCUT2D eigenvalue weighted by Crippen LogP contribution is 2.05. The Balaban J connectivity index is 2.61. The van der Waals surface area contributed by atoms with E-state index in [0.717, 1.165) is 5.69 Å². The lowest BCUT2D eigenvalue weighted by molar-refractivity contribution is 0.672. The number of aromatic nitrogens is 3. The van der Waals surface area contributed by atoms with Crippen LogP contribution in [-0.2, 0) is 13.6 Å². The number of hydrogen-bond acceptors (Lipinski definition) is 4. The van der Waals surface area contributed by atoms with E-state index in [4.69, 9.17) is 0 Å². The van der Waals surface area contributed by atoms with Crippen LogP contribution < -0.4 is 10.5 Å². The molecule has 0 atom stereocenters. The highest BCUT2D eigenvalue weighted by Gasteiger charge is 2.03. The van der Waals surface area contributed by atoms with Gasteiger partial charge in [-0.25, -0.2) is 13.7 Å². The van der Waals surface area contributed by atoms with Gasteiger partial charge in [0.1, 0.15) is 0 Å². The van der Waals surface area contributed by atoms with E-state index in [2.05, 4.69) is 9.98 Å². The maximum Gasteiger partial charge on any atom is 0.339 e. The summed E-state index contributed by atoms with van der Waals surface area (Å²) in [6.07, 6.45) is 3.37. The number of rotatable bonds is 2. The molecule has 0 radical (unpaired) electrons. The Labute approximate surface area is 96.5 Å². The van der Waals surface area contributed by atoms with E-state index in [0.29, 0.717) is 11.3 Å². The van der Waals surface area contributed by atoms with Crippen molar-refractivity contribution in [2.45, 2.75) is 13.5 Å². The highest BCUT2D eigenvalue weighted by molar-refractivity contribution is 7.03. The first-order valence-electron chi connectivity index (χ1n) is 4.94. The van der Waals surface area contributed by atoms with E-state index in [9.17, 15) is 4.79 Å². The Morgan fingerprint density at radius 2 is 2.38 bits per heavy atom. The minimum atomic E-state index is -0.0323. The lowest BCUT2D eigenvalue weighted by Crippen LogP contribution is -2.27. The van der Waals surface area contributed by atoms with Gasteiger partial charge in [-0.2, -0.15) is 0 Å². The minimum Gasteiger partial charge on any atom is -0.268 e. The van der Waals surface area contributed by atoms with Gasteiger partial charge in [-0.05, 0) is 30.6 Å². The average Bonchev–Trinajstić information content (AvgIpc) is 2.56.